The average molecular weight is 380 g/mol. The fraction of sp³-hybridized carbons (Fsp3) is 0.208. The Morgan fingerprint density at radius 3 is 2.83 bits per heavy atom. The Labute approximate surface area is 168 Å². The summed E-state index contributed by atoms with van der Waals surface area (Å²) in [5.74, 6) is 0.444. The summed E-state index contributed by atoms with van der Waals surface area (Å²) in [7, 11) is 0. The van der Waals surface area contributed by atoms with Crippen LogP contribution in [-0.4, -0.2) is 21.1 Å². The Kier molecular flexibility index (Phi) is 3.42. The smallest absolute Gasteiger partial charge is 0.235 e. The monoisotopic (exact) mass is 380 g/mol. The number of H-pyrrole nitrogens is 1. The van der Waals surface area contributed by atoms with Crippen molar-refractivity contribution in [3.63, 3.8) is 0 Å². The maximum absolute atomic E-state index is 12.8. The van der Waals surface area contributed by atoms with Crippen LogP contribution in [0.25, 0.3) is 18.2 Å². The van der Waals surface area contributed by atoms with Crippen molar-refractivity contribution in [3.8, 4) is 0 Å². The highest BCUT2D eigenvalue weighted by molar-refractivity contribution is 6.09. The van der Waals surface area contributed by atoms with Gasteiger partial charge in [-0.3, -0.25) is 14.9 Å². The van der Waals surface area contributed by atoms with Gasteiger partial charge in [0, 0.05) is 29.6 Å². The molecule has 3 heterocycles. The lowest BCUT2D eigenvalue weighted by atomic mass is 9.87. The van der Waals surface area contributed by atoms with Crippen molar-refractivity contribution in [3.05, 3.63) is 82.4 Å². The van der Waals surface area contributed by atoms with Crippen molar-refractivity contribution < 1.29 is 4.79 Å². The van der Waals surface area contributed by atoms with Gasteiger partial charge < -0.3 is 5.32 Å². The summed E-state index contributed by atoms with van der Waals surface area (Å²) in [6.45, 7) is 0. The van der Waals surface area contributed by atoms with E-state index in [4.69, 9.17) is 0 Å². The molecule has 29 heavy (non-hydrogen) atoms. The Balaban J connectivity index is 1.29. The number of aromatic nitrogens is 3. The molecule has 5 heteroatoms. The van der Waals surface area contributed by atoms with E-state index in [1.54, 1.807) is 12.4 Å². The number of amides is 1. The summed E-state index contributed by atoms with van der Waals surface area (Å²) in [5.41, 5.74) is 7.56. The highest BCUT2D eigenvalue weighted by Crippen LogP contribution is 2.63. The molecule has 1 aromatic carbocycles. The van der Waals surface area contributed by atoms with Crippen LogP contribution in [0.1, 0.15) is 40.9 Å². The third kappa shape index (κ3) is 2.43. The molecule has 2 atom stereocenters. The quantitative estimate of drug-likeness (QED) is 0.715. The average Bonchev–Trinajstić information content (AvgIpc) is 3.29. The van der Waals surface area contributed by atoms with Gasteiger partial charge in [0.15, 0.2) is 0 Å². The number of allylic oxidation sites excluding steroid dienone is 1. The molecule has 1 amide bonds. The maximum atomic E-state index is 12.8. The van der Waals surface area contributed by atoms with Crippen molar-refractivity contribution in [2.24, 2.45) is 5.92 Å². The van der Waals surface area contributed by atoms with Gasteiger partial charge in [0.05, 0.1) is 16.8 Å². The van der Waals surface area contributed by atoms with Crippen LogP contribution in [0, 0.1) is 5.92 Å². The van der Waals surface area contributed by atoms with E-state index < -0.39 is 0 Å². The first-order chi connectivity index (χ1) is 14.3. The number of benzene rings is 1. The van der Waals surface area contributed by atoms with E-state index in [0.717, 1.165) is 47.5 Å². The van der Waals surface area contributed by atoms with Crippen LogP contribution in [-0.2, 0) is 16.6 Å². The van der Waals surface area contributed by atoms with Crippen LogP contribution in [0.4, 0.5) is 5.69 Å². The minimum absolute atomic E-state index is 0.154. The second-order valence-corrected chi connectivity index (χ2v) is 8.06. The lowest BCUT2D eigenvalue weighted by molar-refractivity contribution is -0.118. The van der Waals surface area contributed by atoms with Gasteiger partial charge in [-0.2, -0.15) is 5.10 Å². The number of nitrogens with one attached hydrogen (secondary N) is 2. The number of aromatic amines is 1. The van der Waals surface area contributed by atoms with E-state index in [0.29, 0.717) is 5.92 Å². The van der Waals surface area contributed by atoms with Crippen molar-refractivity contribution in [2.45, 2.75) is 24.7 Å². The summed E-state index contributed by atoms with van der Waals surface area (Å²) in [4.78, 5) is 16.8. The molecular weight excluding hydrogens is 360 g/mol. The predicted molar refractivity (Wildman–Crippen MR) is 113 cm³/mol. The van der Waals surface area contributed by atoms with Gasteiger partial charge in [-0.05, 0) is 60.7 Å². The third-order valence-corrected chi connectivity index (χ3v) is 6.53. The Morgan fingerprint density at radius 2 is 1.93 bits per heavy atom. The Hall–Kier alpha value is -3.47. The number of carbonyl (C=O) groups excluding carboxylic acids is 1. The van der Waals surface area contributed by atoms with E-state index in [9.17, 15) is 4.79 Å². The second kappa shape index (κ2) is 6.01. The van der Waals surface area contributed by atoms with Gasteiger partial charge in [0.25, 0.3) is 0 Å². The lowest BCUT2D eigenvalue weighted by Crippen LogP contribution is -2.22. The minimum atomic E-state index is -0.357. The molecule has 0 saturated heterocycles. The van der Waals surface area contributed by atoms with Crippen molar-refractivity contribution in [1.82, 2.24) is 15.2 Å². The Morgan fingerprint density at radius 1 is 1.07 bits per heavy atom. The zero-order chi connectivity index (χ0) is 19.4. The van der Waals surface area contributed by atoms with Crippen LogP contribution in [0.3, 0.4) is 0 Å². The molecule has 3 aliphatic rings. The van der Waals surface area contributed by atoms with Crippen LogP contribution >= 0.6 is 0 Å². The van der Waals surface area contributed by atoms with E-state index in [1.807, 2.05) is 30.3 Å². The van der Waals surface area contributed by atoms with E-state index in [-0.39, 0.29) is 11.3 Å². The molecule has 2 unspecified atom stereocenters. The number of pyridine rings is 1. The van der Waals surface area contributed by atoms with Crippen LogP contribution in [0.5, 0.6) is 0 Å². The van der Waals surface area contributed by atoms with Crippen LogP contribution < -0.4 is 5.32 Å². The standard InChI is InChI=1S/C24H20N4O/c29-23-24(18-3-1-2-4-21(18)26-23)14-19(24)16-6-7-17-20(27-28-22(17)13-16)8-5-15-9-11-25-12-10-15/h1-5,8-13,19H,6-7,14H2,(H,26,29)(H,27,28). The van der Waals surface area contributed by atoms with E-state index in [2.05, 4.69) is 44.8 Å². The van der Waals surface area contributed by atoms with Gasteiger partial charge in [-0.25, -0.2) is 0 Å². The number of carbonyl (C=O) groups is 1. The first kappa shape index (κ1) is 16.5. The largest absolute Gasteiger partial charge is 0.325 e. The number of hydrogen-bond acceptors (Lipinski definition) is 3. The maximum Gasteiger partial charge on any atom is 0.235 e. The van der Waals surface area contributed by atoms with Crippen molar-refractivity contribution in [2.75, 3.05) is 5.32 Å². The lowest BCUT2D eigenvalue weighted by Gasteiger charge is -2.16. The van der Waals surface area contributed by atoms with Gasteiger partial charge in [-0.15, -0.1) is 0 Å². The Bertz CT molecular complexity index is 1190. The molecule has 1 saturated carbocycles. The molecule has 2 aliphatic carbocycles. The van der Waals surface area contributed by atoms with Crippen molar-refractivity contribution >= 4 is 29.8 Å². The molecule has 142 valence electrons. The highest BCUT2D eigenvalue weighted by atomic mass is 16.2. The van der Waals surface area contributed by atoms with E-state index >= 15 is 0 Å². The number of rotatable bonds is 3. The summed E-state index contributed by atoms with van der Waals surface area (Å²) in [6, 6.07) is 12.1. The van der Waals surface area contributed by atoms with Crippen molar-refractivity contribution in [1.29, 1.82) is 0 Å². The molecule has 2 aromatic heterocycles. The molecule has 1 fully saturated rings. The summed E-state index contributed by atoms with van der Waals surface area (Å²) in [6.07, 6.45) is 12.8. The fourth-order valence-electron chi connectivity index (χ4n) is 4.96. The first-order valence-corrected chi connectivity index (χ1v) is 10.0. The first-order valence-electron chi connectivity index (χ1n) is 10.0. The number of anilines is 1. The van der Waals surface area contributed by atoms with Gasteiger partial charge in [0.1, 0.15) is 0 Å². The number of nitrogens with zero attached hydrogens (tertiary/aromatic N) is 2. The number of hydrogen-bond donors (Lipinski definition) is 2. The molecular formula is C24H20N4O. The minimum Gasteiger partial charge on any atom is -0.325 e. The van der Waals surface area contributed by atoms with Gasteiger partial charge >= 0.3 is 0 Å². The van der Waals surface area contributed by atoms with Crippen LogP contribution in [0.15, 0.2) is 54.4 Å². The number of para-hydroxylation sites is 1. The SMILES string of the molecule is O=C1Nc2ccccc2C12CC2C1=Cc2[nH]nc(C=Cc3ccncc3)c2CC1. The fourth-order valence-corrected chi connectivity index (χ4v) is 4.96. The van der Waals surface area contributed by atoms with Gasteiger partial charge in [0.2, 0.25) is 5.91 Å². The highest BCUT2D eigenvalue weighted by Gasteiger charge is 2.65. The number of fused-ring (bicyclic) bond motifs is 3. The molecule has 6 rings (SSSR count). The zero-order valence-corrected chi connectivity index (χ0v) is 15.9. The molecule has 2 N–H and O–H groups in total. The predicted octanol–water partition coefficient (Wildman–Crippen LogP) is 4.21. The topological polar surface area (TPSA) is 70.7 Å². The molecule has 0 bridgehead atoms. The van der Waals surface area contributed by atoms with Crippen LogP contribution in [0.2, 0.25) is 0 Å². The molecule has 3 aromatic rings. The third-order valence-electron chi connectivity index (χ3n) is 6.53. The summed E-state index contributed by atoms with van der Waals surface area (Å²) < 4.78 is 0. The molecule has 5 nitrogen and oxygen atoms in total. The summed E-state index contributed by atoms with van der Waals surface area (Å²) >= 11 is 0. The second-order valence-electron chi connectivity index (χ2n) is 8.06. The molecule has 1 spiro atoms. The normalized spacial score (nSPS) is 24.3. The van der Waals surface area contributed by atoms with E-state index in [1.165, 1.54) is 11.1 Å². The summed E-state index contributed by atoms with van der Waals surface area (Å²) in [5, 5.41) is 10.8. The molecule has 1 aliphatic heterocycles. The molecule has 0 radical (unpaired) electrons. The zero-order valence-electron chi connectivity index (χ0n) is 15.9. The van der Waals surface area contributed by atoms with Gasteiger partial charge in [-0.1, -0.05) is 29.8 Å².